The Hall–Kier alpha value is -2.84. The second kappa shape index (κ2) is 6.29. The van der Waals surface area contributed by atoms with Gasteiger partial charge >= 0.3 is 0 Å². The summed E-state index contributed by atoms with van der Waals surface area (Å²) in [4.78, 5) is 20.7. The standard InChI is InChI=1S/C13H19N7O2/c1-8-6-11(20(21)22)10(19-4-2-3-5-19)7-9(8)17-13(16)18-12(14)15/h6-7H,2-5H2,1H3,(H6,14,15,16,17,18). The van der Waals surface area contributed by atoms with Crippen molar-refractivity contribution in [2.24, 2.45) is 27.2 Å². The van der Waals surface area contributed by atoms with Gasteiger partial charge in [-0.05, 0) is 31.4 Å². The number of nitrogens with two attached hydrogens (primary N) is 3. The van der Waals surface area contributed by atoms with Crippen molar-refractivity contribution in [3.63, 3.8) is 0 Å². The van der Waals surface area contributed by atoms with Gasteiger partial charge in [0.05, 0.1) is 10.6 Å². The van der Waals surface area contributed by atoms with Gasteiger partial charge in [0.1, 0.15) is 5.69 Å². The van der Waals surface area contributed by atoms with Crippen molar-refractivity contribution in [1.29, 1.82) is 0 Å². The fraction of sp³-hybridized carbons (Fsp3) is 0.385. The van der Waals surface area contributed by atoms with Crippen LogP contribution >= 0.6 is 0 Å². The maximum absolute atomic E-state index is 11.3. The van der Waals surface area contributed by atoms with Crippen LogP contribution in [0.1, 0.15) is 18.4 Å². The van der Waals surface area contributed by atoms with E-state index in [2.05, 4.69) is 9.98 Å². The lowest BCUT2D eigenvalue weighted by Crippen LogP contribution is -2.26. The average molecular weight is 305 g/mol. The number of nitrogens with zero attached hydrogens (tertiary/aromatic N) is 4. The van der Waals surface area contributed by atoms with Crippen LogP contribution < -0.4 is 22.1 Å². The summed E-state index contributed by atoms with van der Waals surface area (Å²) in [6.07, 6.45) is 2.03. The van der Waals surface area contributed by atoms with Crippen molar-refractivity contribution >= 4 is 29.0 Å². The minimum Gasteiger partial charge on any atom is -0.370 e. The quantitative estimate of drug-likeness (QED) is 0.324. The van der Waals surface area contributed by atoms with E-state index in [4.69, 9.17) is 17.2 Å². The highest BCUT2D eigenvalue weighted by molar-refractivity contribution is 5.94. The highest BCUT2D eigenvalue weighted by Gasteiger charge is 2.23. The minimum atomic E-state index is -0.381. The van der Waals surface area contributed by atoms with E-state index in [1.807, 2.05) is 4.90 Å². The summed E-state index contributed by atoms with van der Waals surface area (Å²) in [6.45, 7) is 3.30. The van der Waals surface area contributed by atoms with Gasteiger partial charge in [-0.1, -0.05) is 0 Å². The van der Waals surface area contributed by atoms with E-state index in [0.29, 0.717) is 16.9 Å². The molecule has 0 aromatic heterocycles. The Morgan fingerprint density at radius 3 is 2.45 bits per heavy atom. The molecule has 0 aliphatic carbocycles. The summed E-state index contributed by atoms with van der Waals surface area (Å²) in [5.74, 6) is -0.287. The van der Waals surface area contributed by atoms with Crippen molar-refractivity contribution in [1.82, 2.24) is 0 Å². The smallest absolute Gasteiger partial charge is 0.292 e. The molecule has 0 atom stereocenters. The zero-order valence-electron chi connectivity index (χ0n) is 12.3. The maximum atomic E-state index is 11.3. The predicted octanol–water partition coefficient (Wildman–Crippen LogP) is 0.723. The largest absolute Gasteiger partial charge is 0.370 e. The summed E-state index contributed by atoms with van der Waals surface area (Å²) in [5.41, 5.74) is 17.9. The summed E-state index contributed by atoms with van der Waals surface area (Å²) in [6, 6.07) is 3.16. The molecule has 6 N–H and O–H groups in total. The molecule has 0 saturated carbocycles. The SMILES string of the molecule is Cc1cc([N+](=O)[O-])c(N2CCCC2)cc1N=C(N)N=C(N)N. The Labute approximate surface area is 127 Å². The highest BCUT2D eigenvalue weighted by Crippen LogP contribution is 2.36. The third-order valence-electron chi connectivity index (χ3n) is 3.42. The lowest BCUT2D eigenvalue weighted by molar-refractivity contribution is -0.384. The number of guanidine groups is 2. The number of nitro groups is 1. The summed E-state index contributed by atoms with van der Waals surface area (Å²) in [5, 5.41) is 11.3. The normalized spacial score (nSPS) is 15.0. The van der Waals surface area contributed by atoms with E-state index in [1.165, 1.54) is 6.07 Å². The van der Waals surface area contributed by atoms with Gasteiger partial charge in [-0.3, -0.25) is 10.1 Å². The molecule has 2 rings (SSSR count). The number of hydrogen-bond donors (Lipinski definition) is 3. The Balaban J connectivity index is 2.50. The summed E-state index contributed by atoms with van der Waals surface area (Å²) in [7, 11) is 0. The molecule has 0 amide bonds. The predicted molar refractivity (Wildman–Crippen MR) is 86.4 cm³/mol. The lowest BCUT2D eigenvalue weighted by Gasteiger charge is -2.18. The second-order valence-corrected chi connectivity index (χ2v) is 5.09. The first kappa shape index (κ1) is 15.5. The van der Waals surface area contributed by atoms with E-state index in [0.717, 1.165) is 25.9 Å². The molecule has 1 aliphatic heterocycles. The van der Waals surface area contributed by atoms with Crippen LogP contribution in [-0.2, 0) is 0 Å². The van der Waals surface area contributed by atoms with Gasteiger partial charge in [-0.15, -0.1) is 0 Å². The minimum absolute atomic E-state index is 0.0683. The molecule has 0 unspecified atom stereocenters. The van der Waals surface area contributed by atoms with Crippen molar-refractivity contribution in [3.8, 4) is 0 Å². The van der Waals surface area contributed by atoms with Gasteiger partial charge in [-0.25, -0.2) is 4.99 Å². The molecule has 118 valence electrons. The van der Waals surface area contributed by atoms with Crippen molar-refractivity contribution in [3.05, 3.63) is 27.8 Å². The van der Waals surface area contributed by atoms with E-state index in [-0.39, 0.29) is 22.5 Å². The first-order valence-electron chi connectivity index (χ1n) is 6.86. The zero-order chi connectivity index (χ0) is 16.3. The topological polar surface area (TPSA) is 149 Å². The summed E-state index contributed by atoms with van der Waals surface area (Å²) < 4.78 is 0. The molecule has 22 heavy (non-hydrogen) atoms. The molecule has 1 aromatic carbocycles. The van der Waals surface area contributed by atoms with Gasteiger partial charge in [0.25, 0.3) is 5.69 Å². The van der Waals surface area contributed by atoms with Crippen LogP contribution in [0.4, 0.5) is 17.1 Å². The van der Waals surface area contributed by atoms with Crippen LogP contribution in [0.5, 0.6) is 0 Å². The van der Waals surface area contributed by atoms with Crippen molar-refractivity contribution < 1.29 is 4.92 Å². The van der Waals surface area contributed by atoms with Gasteiger partial charge in [0.2, 0.25) is 5.96 Å². The molecule has 9 nitrogen and oxygen atoms in total. The molecule has 0 radical (unpaired) electrons. The highest BCUT2D eigenvalue weighted by atomic mass is 16.6. The van der Waals surface area contributed by atoms with Gasteiger partial charge in [0.15, 0.2) is 5.96 Å². The molecule has 1 aromatic rings. The Morgan fingerprint density at radius 2 is 1.91 bits per heavy atom. The fourth-order valence-corrected chi connectivity index (χ4v) is 2.43. The monoisotopic (exact) mass is 305 g/mol. The average Bonchev–Trinajstić information content (AvgIpc) is 2.93. The molecule has 0 spiro atoms. The van der Waals surface area contributed by atoms with Crippen LogP contribution in [0.3, 0.4) is 0 Å². The van der Waals surface area contributed by atoms with Crippen LogP contribution in [0, 0.1) is 17.0 Å². The third kappa shape index (κ3) is 3.43. The van der Waals surface area contributed by atoms with Gasteiger partial charge < -0.3 is 22.1 Å². The number of hydrogen-bond acceptors (Lipinski definition) is 4. The van der Waals surface area contributed by atoms with Crippen LogP contribution in [0.15, 0.2) is 22.1 Å². The van der Waals surface area contributed by atoms with Crippen LogP contribution in [0.2, 0.25) is 0 Å². The number of anilines is 1. The second-order valence-electron chi connectivity index (χ2n) is 5.09. The van der Waals surface area contributed by atoms with E-state index in [9.17, 15) is 10.1 Å². The molecule has 0 bridgehead atoms. The third-order valence-corrected chi connectivity index (χ3v) is 3.42. The van der Waals surface area contributed by atoms with Crippen molar-refractivity contribution in [2.75, 3.05) is 18.0 Å². The van der Waals surface area contributed by atoms with Gasteiger partial charge in [0, 0.05) is 19.2 Å². The zero-order valence-corrected chi connectivity index (χ0v) is 12.3. The summed E-state index contributed by atoms with van der Waals surface area (Å²) >= 11 is 0. The first-order valence-corrected chi connectivity index (χ1v) is 6.86. The van der Waals surface area contributed by atoms with E-state index < -0.39 is 0 Å². The van der Waals surface area contributed by atoms with E-state index in [1.54, 1.807) is 13.0 Å². The van der Waals surface area contributed by atoms with Crippen LogP contribution in [-0.4, -0.2) is 29.9 Å². The number of aryl methyl sites for hydroxylation is 1. The Kier molecular flexibility index (Phi) is 4.44. The molecule has 9 heteroatoms. The van der Waals surface area contributed by atoms with E-state index >= 15 is 0 Å². The first-order chi connectivity index (χ1) is 10.4. The molecule has 1 aliphatic rings. The molecule has 1 heterocycles. The molecule has 1 saturated heterocycles. The van der Waals surface area contributed by atoms with Gasteiger partial charge in [-0.2, -0.15) is 4.99 Å². The Bertz CT molecular complexity index is 644. The Morgan fingerprint density at radius 1 is 1.27 bits per heavy atom. The van der Waals surface area contributed by atoms with Crippen molar-refractivity contribution in [2.45, 2.75) is 19.8 Å². The molecular weight excluding hydrogens is 286 g/mol. The number of rotatable bonds is 3. The van der Waals surface area contributed by atoms with Crippen LogP contribution in [0.25, 0.3) is 0 Å². The lowest BCUT2D eigenvalue weighted by atomic mass is 10.1. The number of benzene rings is 1. The number of aliphatic imine (C=N–C) groups is 2. The maximum Gasteiger partial charge on any atom is 0.292 e. The number of nitro benzene ring substituents is 1. The molecular formula is C13H19N7O2. The molecule has 1 fully saturated rings. The fourth-order valence-electron chi connectivity index (χ4n) is 2.43.